The van der Waals surface area contributed by atoms with Crippen molar-refractivity contribution < 1.29 is 4.74 Å². The molecule has 0 aliphatic carbocycles. The van der Waals surface area contributed by atoms with Crippen molar-refractivity contribution in [1.82, 2.24) is 5.32 Å². The van der Waals surface area contributed by atoms with Crippen LogP contribution in [0.1, 0.15) is 11.1 Å². The molecule has 0 saturated heterocycles. The Morgan fingerprint density at radius 2 is 2.00 bits per heavy atom. The first-order valence-electron chi connectivity index (χ1n) is 6.75. The van der Waals surface area contributed by atoms with Crippen molar-refractivity contribution in [3.05, 3.63) is 59.7 Å². The van der Waals surface area contributed by atoms with Gasteiger partial charge in [0, 0.05) is 6.07 Å². The average molecular weight is 322 g/mol. The fourth-order valence-corrected chi connectivity index (χ4v) is 2.16. The number of ether oxygens (including phenoxy) is 1. The molecule has 0 unspecified atom stereocenters. The molecule has 114 valence electrons. The van der Waals surface area contributed by atoms with Crippen molar-refractivity contribution in [2.75, 3.05) is 6.26 Å². The first-order chi connectivity index (χ1) is 11.3. The number of nitrogens with zero attached hydrogens (tertiary/aromatic N) is 3. The summed E-state index contributed by atoms with van der Waals surface area (Å²) in [5.41, 5.74) is 2.07. The van der Waals surface area contributed by atoms with Gasteiger partial charge in [-0.1, -0.05) is 42.1 Å². The van der Waals surface area contributed by atoms with E-state index in [1.807, 2.05) is 42.8 Å². The van der Waals surface area contributed by atoms with Gasteiger partial charge in [-0.25, -0.2) is 4.99 Å². The third-order valence-electron chi connectivity index (χ3n) is 2.91. The highest BCUT2D eigenvalue weighted by atomic mass is 32.2. The van der Waals surface area contributed by atoms with Crippen molar-refractivity contribution in [3.63, 3.8) is 0 Å². The Balaban J connectivity index is 2.22. The Bertz CT molecular complexity index is 775. The zero-order valence-corrected chi connectivity index (χ0v) is 13.3. The van der Waals surface area contributed by atoms with Crippen molar-refractivity contribution in [2.45, 2.75) is 6.61 Å². The maximum Gasteiger partial charge on any atom is 0.183 e. The fourth-order valence-electron chi connectivity index (χ4n) is 1.82. The highest BCUT2D eigenvalue weighted by molar-refractivity contribution is 8.13. The maximum atomic E-state index is 9.19. The molecule has 0 radical (unpaired) electrons. The van der Waals surface area contributed by atoms with Gasteiger partial charge in [-0.3, -0.25) is 5.32 Å². The molecule has 0 amide bonds. The summed E-state index contributed by atoms with van der Waals surface area (Å²) in [6.45, 7) is 0.370. The summed E-state index contributed by atoms with van der Waals surface area (Å²) in [4.78, 5) is 4.31. The molecule has 2 aromatic carbocycles. The van der Waals surface area contributed by atoms with Crippen LogP contribution in [-0.4, -0.2) is 11.4 Å². The Labute approximate surface area is 139 Å². The van der Waals surface area contributed by atoms with Gasteiger partial charge >= 0.3 is 0 Å². The van der Waals surface area contributed by atoms with Crippen molar-refractivity contribution in [1.29, 1.82) is 10.5 Å². The number of hydrogen-bond donors (Lipinski definition) is 1. The van der Waals surface area contributed by atoms with Crippen LogP contribution in [0.25, 0.3) is 0 Å². The molecule has 0 saturated carbocycles. The molecule has 0 atom stereocenters. The second-order valence-corrected chi connectivity index (χ2v) is 5.22. The average Bonchev–Trinajstić information content (AvgIpc) is 2.60. The van der Waals surface area contributed by atoms with Gasteiger partial charge < -0.3 is 4.74 Å². The molecule has 0 fully saturated rings. The van der Waals surface area contributed by atoms with Crippen molar-refractivity contribution in [3.8, 4) is 18.0 Å². The van der Waals surface area contributed by atoms with Crippen LogP contribution >= 0.6 is 11.8 Å². The van der Waals surface area contributed by atoms with E-state index in [-0.39, 0.29) is 0 Å². The van der Waals surface area contributed by atoms with Gasteiger partial charge in [-0.05, 0) is 24.0 Å². The van der Waals surface area contributed by atoms with E-state index in [1.165, 1.54) is 11.8 Å². The SMILES string of the molecule is CSC(=Nc1ccc(C#N)c(OCc2ccccc2)c1)NC#N. The van der Waals surface area contributed by atoms with E-state index in [9.17, 15) is 5.26 Å². The van der Waals surface area contributed by atoms with Crippen LogP contribution in [-0.2, 0) is 6.61 Å². The van der Waals surface area contributed by atoms with Crippen molar-refractivity contribution in [2.24, 2.45) is 4.99 Å². The highest BCUT2D eigenvalue weighted by Crippen LogP contribution is 2.26. The zero-order valence-electron chi connectivity index (χ0n) is 12.5. The molecule has 0 aromatic heterocycles. The molecule has 1 N–H and O–H groups in total. The number of thioether (sulfide) groups is 1. The summed E-state index contributed by atoms with van der Waals surface area (Å²) >= 11 is 1.33. The minimum Gasteiger partial charge on any atom is -0.487 e. The lowest BCUT2D eigenvalue weighted by atomic mass is 10.2. The second-order valence-electron chi connectivity index (χ2n) is 4.42. The monoisotopic (exact) mass is 322 g/mol. The number of nitriles is 2. The van der Waals surface area contributed by atoms with Crippen molar-refractivity contribution >= 4 is 22.6 Å². The molecule has 2 aromatic rings. The normalized spacial score (nSPS) is 10.5. The van der Waals surface area contributed by atoms with Crippen LogP contribution in [0.5, 0.6) is 5.75 Å². The lowest BCUT2D eigenvalue weighted by Crippen LogP contribution is -2.12. The minimum atomic E-state index is 0.370. The Hall–Kier alpha value is -2.96. The number of hydrogen-bond acceptors (Lipinski definition) is 5. The number of amidine groups is 1. The summed E-state index contributed by atoms with van der Waals surface area (Å²) < 4.78 is 5.75. The first-order valence-corrected chi connectivity index (χ1v) is 7.98. The molecule has 0 spiro atoms. The fraction of sp³-hybridized carbons (Fsp3) is 0.118. The van der Waals surface area contributed by atoms with E-state index < -0.39 is 0 Å². The predicted octanol–water partition coefficient (Wildman–Crippen LogP) is 3.56. The van der Waals surface area contributed by atoms with Crippen LogP contribution in [0, 0.1) is 22.8 Å². The van der Waals surface area contributed by atoms with E-state index in [4.69, 9.17) is 10.00 Å². The summed E-state index contributed by atoms with van der Waals surface area (Å²) in [5, 5.41) is 20.8. The standard InChI is InChI=1S/C17H14N4OS/c1-23-17(20-12-19)21-15-8-7-14(10-18)16(9-15)22-11-13-5-3-2-4-6-13/h2-9H,11H2,1H3,(H,20,21). The second kappa shape index (κ2) is 8.47. The number of nitrogens with one attached hydrogen (secondary N) is 1. The number of aliphatic imine (C=N–C) groups is 1. The largest absolute Gasteiger partial charge is 0.487 e. The lowest BCUT2D eigenvalue weighted by Gasteiger charge is -2.09. The molecule has 23 heavy (non-hydrogen) atoms. The molecule has 0 aliphatic rings. The van der Waals surface area contributed by atoms with E-state index in [0.717, 1.165) is 5.56 Å². The highest BCUT2D eigenvalue weighted by Gasteiger charge is 2.06. The third-order valence-corrected chi connectivity index (χ3v) is 3.49. The maximum absolute atomic E-state index is 9.19. The van der Waals surface area contributed by atoms with E-state index in [2.05, 4.69) is 16.4 Å². The van der Waals surface area contributed by atoms with Crippen LogP contribution in [0.4, 0.5) is 5.69 Å². The molecule has 0 bridgehead atoms. The summed E-state index contributed by atoms with van der Waals surface area (Å²) in [6, 6.07) is 16.9. The quantitative estimate of drug-likeness (QED) is 0.403. The predicted molar refractivity (Wildman–Crippen MR) is 91.3 cm³/mol. The minimum absolute atomic E-state index is 0.370. The van der Waals surface area contributed by atoms with E-state index in [1.54, 1.807) is 18.2 Å². The molecular formula is C17H14N4OS. The van der Waals surface area contributed by atoms with Gasteiger partial charge in [0.05, 0.1) is 11.3 Å². The van der Waals surface area contributed by atoms with Gasteiger partial charge in [0.25, 0.3) is 0 Å². The van der Waals surface area contributed by atoms with Crippen LogP contribution in [0.2, 0.25) is 0 Å². The first kappa shape index (κ1) is 16.4. The lowest BCUT2D eigenvalue weighted by molar-refractivity contribution is 0.305. The van der Waals surface area contributed by atoms with Gasteiger partial charge in [-0.2, -0.15) is 10.5 Å². The topological polar surface area (TPSA) is 81.2 Å². The Kier molecular flexibility index (Phi) is 6.05. The molecule has 5 nitrogen and oxygen atoms in total. The smallest absolute Gasteiger partial charge is 0.183 e. The van der Waals surface area contributed by atoms with Crippen LogP contribution in [0.15, 0.2) is 53.5 Å². The summed E-state index contributed by atoms with van der Waals surface area (Å²) in [6.07, 6.45) is 3.66. The third kappa shape index (κ3) is 4.77. The number of benzene rings is 2. The Morgan fingerprint density at radius 3 is 2.65 bits per heavy atom. The molecule has 6 heteroatoms. The van der Waals surface area contributed by atoms with E-state index in [0.29, 0.717) is 28.8 Å². The molecule has 0 heterocycles. The zero-order chi connectivity index (χ0) is 16.5. The summed E-state index contributed by atoms with van der Waals surface area (Å²) in [5.74, 6) is 0.468. The van der Waals surface area contributed by atoms with Gasteiger partial charge in [0.2, 0.25) is 0 Å². The number of rotatable bonds is 4. The molecule has 0 aliphatic heterocycles. The molecular weight excluding hydrogens is 308 g/mol. The van der Waals surface area contributed by atoms with E-state index >= 15 is 0 Å². The molecule has 2 rings (SSSR count). The van der Waals surface area contributed by atoms with Crippen LogP contribution < -0.4 is 10.1 Å². The van der Waals surface area contributed by atoms with Gasteiger partial charge in [-0.15, -0.1) is 0 Å². The van der Waals surface area contributed by atoms with Crippen LogP contribution in [0.3, 0.4) is 0 Å². The Morgan fingerprint density at radius 1 is 1.22 bits per heavy atom. The van der Waals surface area contributed by atoms with Gasteiger partial charge in [0.1, 0.15) is 18.4 Å². The van der Waals surface area contributed by atoms with Gasteiger partial charge in [0.15, 0.2) is 11.4 Å². The summed E-state index contributed by atoms with van der Waals surface area (Å²) in [7, 11) is 0.